The monoisotopic (exact) mass is 240 g/mol. The highest BCUT2D eigenvalue weighted by molar-refractivity contribution is 5.82. The predicted molar refractivity (Wildman–Crippen MR) is 67.7 cm³/mol. The number of hydrogen-bond acceptors (Lipinski definition) is 3. The van der Waals surface area contributed by atoms with Gasteiger partial charge in [-0.3, -0.25) is 14.5 Å². The highest BCUT2D eigenvalue weighted by atomic mass is 16.2. The van der Waals surface area contributed by atoms with Crippen molar-refractivity contribution in [3.8, 4) is 0 Å². The molecule has 1 saturated heterocycles. The summed E-state index contributed by atoms with van der Waals surface area (Å²) in [6.07, 6.45) is 2.52. The van der Waals surface area contributed by atoms with Crippen molar-refractivity contribution >= 4 is 11.7 Å². The van der Waals surface area contributed by atoms with Crippen molar-refractivity contribution in [2.75, 3.05) is 19.6 Å². The molecule has 0 aromatic heterocycles. The van der Waals surface area contributed by atoms with Gasteiger partial charge < -0.3 is 5.32 Å². The molecule has 0 aromatic rings. The molecule has 0 spiro atoms. The molecule has 0 saturated carbocycles. The first-order chi connectivity index (χ1) is 8.06. The third-order valence-electron chi connectivity index (χ3n) is 3.47. The molecule has 1 N–H and O–H groups in total. The number of nitrogens with zero attached hydrogens (tertiary/aromatic N) is 1. The lowest BCUT2D eigenvalue weighted by Crippen LogP contribution is -2.46. The number of carbonyl (C=O) groups is 2. The van der Waals surface area contributed by atoms with Crippen LogP contribution in [-0.2, 0) is 9.59 Å². The molecule has 0 aromatic carbocycles. The number of hydrogen-bond donors (Lipinski definition) is 1. The molecule has 1 rings (SSSR count). The van der Waals surface area contributed by atoms with E-state index in [2.05, 4.69) is 24.1 Å². The molecular formula is C13H24N2O2. The smallest absolute Gasteiger partial charge is 0.234 e. The summed E-state index contributed by atoms with van der Waals surface area (Å²) in [5.74, 6) is 0.478. The molecule has 0 radical (unpaired) electrons. The van der Waals surface area contributed by atoms with E-state index in [1.165, 1.54) is 0 Å². The summed E-state index contributed by atoms with van der Waals surface area (Å²) in [7, 11) is 0. The Labute approximate surface area is 104 Å². The minimum atomic E-state index is 0.0738. The molecule has 1 unspecified atom stereocenters. The predicted octanol–water partition coefficient (Wildman–Crippen LogP) is 1.20. The van der Waals surface area contributed by atoms with Crippen LogP contribution >= 0.6 is 0 Å². The van der Waals surface area contributed by atoms with Crippen LogP contribution in [0.5, 0.6) is 0 Å². The summed E-state index contributed by atoms with van der Waals surface area (Å²) in [6, 6.07) is 0.284. The molecule has 98 valence electrons. The molecule has 1 aliphatic heterocycles. The maximum atomic E-state index is 11.8. The normalized spacial score (nSPS) is 21.9. The summed E-state index contributed by atoms with van der Waals surface area (Å²) in [4.78, 5) is 25.2. The highest BCUT2D eigenvalue weighted by Crippen LogP contribution is 2.11. The fraction of sp³-hybridized carbons (Fsp3) is 0.846. The van der Waals surface area contributed by atoms with Crippen molar-refractivity contribution in [2.24, 2.45) is 5.92 Å². The quantitative estimate of drug-likeness (QED) is 0.785. The number of ketones is 1. The molecule has 1 amide bonds. The number of Topliss-reactive ketones (excluding diaryl/α,β-unsaturated/α-hetero) is 1. The van der Waals surface area contributed by atoms with Crippen LogP contribution in [0.2, 0.25) is 0 Å². The Bertz CT molecular complexity index is 275. The lowest BCUT2D eigenvalue weighted by atomic mass is 9.99. The second kappa shape index (κ2) is 6.74. The molecule has 1 heterocycles. The largest absolute Gasteiger partial charge is 0.352 e. The summed E-state index contributed by atoms with van der Waals surface area (Å²) >= 11 is 0. The minimum absolute atomic E-state index is 0.0738. The molecule has 4 nitrogen and oxygen atoms in total. The Morgan fingerprint density at radius 3 is 2.65 bits per heavy atom. The molecule has 1 atom stereocenters. The topological polar surface area (TPSA) is 49.4 Å². The van der Waals surface area contributed by atoms with E-state index < -0.39 is 0 Å². The van der Waals surface area contributed by atoms with Gasteiger partial charge in [0.1, 0.15) is 5.78 Å². The maximum Gasteiger partial charge on any atom is 0.234 e. The number of piperidine rings is 1. The van der Waals surface area contributed by atoms with E-state index in [0.717, 1.165) is 25.9 Å². The molecule has 17 heavy (non-hydrogen) atoms. The molecule has 1 aliphatic rings. The average Bonchev–Trinajstić information content (AvgIpc) is 2.31. The first kappa shape index (κ1) is 14.2. The van der Waals surface area contributed by atoms with Crippen molar-refractivity contribution in [1.82, 2.24) is 10.2 Å². The molecule has 1 fully saturated rings. The van der Waals surface area contributed by atoms with Gasteiger partial charge >= 0.3 is 0 Å². The van der Waals surface area contributed by atoms with Crippen LogP contribution < -0.4 is 5.32 Å². The van der Waals surface area contributed by atoms with E-state index in [4.69, 9.17) is 0 Å². The van der Waals surface area contributed by atoms with E-state index in [9.17, 15) is 9.59 Å². The maximum absolute atomic E-state index is 11.8. The van der Waals surface area contributed by atoms with Gasteiger partial charge in [-0.2, -0.15) is 0 Å². The van der Waals surface area contributed by atoms with E-state index in [-0.39, 0.29) is 17.9 Å². The van der Waals surface area contributed by atoms with Gasteiger partial charge in [-0.15, -0.1) is 0 Å². The van der Waals surface area contributed by atoms with Gasteiger partial charge in [0.05, 0.1) is 6.54 Å². The van der Waals surface area contributed by atoms with Crippen molar-refractivity contribution < 1.29 is 9.59 Å². The van der Waals surface area contributed by atoms with Gasteiger partial charge in [-0.1, -0.05) is 20.8 Å². The van der Waals surface area contributed by atoms with Crippen molar-refractivity contribution in [3.05, 3.63) is 0 Å². The molecule has 0 aliphatic carbocycles. The van der Waals surface area contributed by atoms with Crippen LogP contribution in [0.3, 0.4) is 0 Å². The van der Waals surface area contributed by atoms with Crippen LogP contribution in [-0.4, -0.2) is 42.3 Å². The van der Waals surface area contributed by atoms with Crippen LogP contribution in [0.25, 0.3) is 0 Å². The lowest BCUT2D eigenvalue weighted by molar-refractivity contribution is -0.129. The fourth-order valence-electron chi connectivity index (χ4n) is 2.21. The van der Waals surface area contributed by atoms with Crippen molar-refractivity contribution in [3.63, 3.8) is 0 Å². The second-order valence-electron chi connectivity index (χ2n) is 4.93. The Kier molecular flexibility index (Phi) is 5.62. The number of amides is 1. The SMILES string of the molecule is CCC(CC)NC(=O)CN1CCC(=O)C(C)C1. The van der Waals surface area contributed by atoms with Gasteiger partial charge in [0.25, 0.3) is 0 Å². The average molecular weight is 240 g/mol. The lowest BCUT2D eigenvalue weighted by Gasteiger charge is -2.29. The summed E-state index contributed by atoms with van der Waals surface area (Å²) in [5, 5.41) is 3.02. The molecule has 0 bridgehead atoms. The van der Waals surface area contributed by atoms with Gasteiger partial charge in [0.2, 0.25) is 5.91 Å². The number of rotatable bonds is 5. The first-order valence-electron chi connectivity index (χ1n) is 6.61. The van der Waals surface area contributed by atoms with Crippen LogP contribution in [0, 0.1) is 5.92 Å². The summed E-state index contributed by atoms with van der Waals surface area (Å²) in [6.45, 7) is 7.96. The van der Waals surface area contributed by atoms with Crippen LogP contribution in [0.4, 0.5) is 0 Å². The van der Waals surface area contributed by atoms with E-state index >= 15 is 0 Å². The van der Waals surface area contributed by atoms with Gasteiger partial charge in [0, 0.05) is 31.5 Å². The Balaban J connectivity index is 2.34. The zero-order valence-corrected chi connectivity index (χ0v) is 11.2. The zero-order valence-electron chi connectivity index (χ0n) is 11.2. The third kappa shape index (κ3) is 4.46. The summed E-state index contributed by atoms with van der Waals surface area (Å²) < 4.78 is 0. The van der Waals surface area contributed by atoms with E-state index in [0.29, 0.717) is 18.7 Å². The summed E-state index contributed by atoms with van der Waals surface area (Å²) in [5.41, 5.74) is 0. The van der Waals surface area contributed by atoms with Crippen molar-refractivity contribution in [1.29, 1.82) is 0 Å². The number of likely N-dealkylation sites (tertiary alicyclic amines) is 1. The number of nitrogens with one attached hydrogen (secondary N) is 1. The Morgan fingerprint density at radius 1 is 1.47 bits per heavy atom. The van der Waals surface area contributed by atoms with Crippen LogP contribution in [0.15, 0.2) is 0 Å². The van der Waals surface area contributed by atoms with Gasteiger partial charge in [0.15, 0.2) is 0 Å². The minimum Gasteiger partial charge on any atom is -0.352 e. The van der Waals surface area contributed by atoms with E-state index in [1.807, 2.05) is 6.92 Å². The molecular weight excluding hydrogens is 216 g/mol. The van der Waals surface area contributed by atoms with E-state index in [1.54, 1.807) is 0 Å². The Hall–Kier alpha value is -0.900. The Morgan fingerprint density at radius 2 is 2.12 bits per heavy atom. The number of carbonyl (C=O) groups excluding carboxylic acids is 2. The molecule has 4 heteroatoms. The zero-order chi connectivity index (χ0) is 12.8. The van der Waals surface area contributed by atoms with Crippen molar-refractivity contribution in [2.45, 2.75) is 46.1 Å². The first-order valence-corrected chi connectivity index (χ1v) is 6.61. The van der Waals surface area contributed by atoms with Crippen LogP contribution in [0.1, 0.15) is 40.0 Å². The third-order valence-corrected chi connectivity index (χ3v) is 3.47. The standard InChI is InChI=1S/C13H24N2O2/c1-4-11(5-2)14-13(17)9-15-7-6-12(16)10(3)8-15/h10-11H,4-9H2,1-3H3,(H,14,17). The highest BCUT2D eigenvalue weighted by Gasteiger charge is 2.24. The van der Waals surface area contributed by atoms with Gasteiger partial charge in [-0.25, -0.2) is 0 Å². The van der Waals surface area contributed by atoms with Gasteiger partial charge in [-0.05, 0) is 12.8 Å². The fourth-order valence-corrected chi connectivity index (χ4v) is 2.21. The second-order valence-corrected chi connectivity index (χ2v) is 4.93.